The van der Waals surface area contributed by atoms with E-state index in [2.05, 4.69) is 5.43 Å². The number of hydrazine groups is 1. The van der Waals surface area contributed by atoms with Crippen LogP contribution in [0, 0.1) is 6.92 Å². The van der Waals surface area contributed by atoms with Gasteiger partial charge in [-0.3, -0.25) is 10.6 Å². The van der Waals surface area contributed by atoms with Gasteiger partial charge in [0, 0.05) is 24.8 Å². The minimum atomic E-state index is 0.0807. The van der Waals surface area contributed by atoms with E-state index in [0.29, 0.717) is 5.56 Å². The van der Waals surface area contributed by atoms with Crippen LogP contribution in [-0.2, 0) is 0 Å². The Morgan fingerprint density at radius 2 is 2.35 bits per heavy atom. The molecule has 1 aromatic carbocycles. The first-order chi connectivity index (χ1) is 9.67. The van der Waals surface area contributed by atoms with Gasteiger partial charge in [-0.25, -0.2) is 0 Å². The van der Waals surface area contributed by atoms with Crippen LogP contribution in [0.15, 0.2) is 18.2 Å². The lowest BCUT2D eigenvalue weighted by molar-refractivity contribution is 0.0724. The average Bonchev–Trinajstić information content (AvgIpc) is 2.92. The molecule has 4 N–H and O–H groups in total. The molecule has 1 amide bonds. The van der Waals surface area contributed by atoms with Crippen LogP contribution in [0.5, 0.6) is 0 Å². The van der Waals surface area contributed by atoms with Gasteiger partial charge in [-0.15, -0.1) is 0 Å². The third-order valence-corrected chi connectivity index (χ3v) is 3.96. The van der Waals surface area contributed by atoms with Gasteiger partial charge in [0.25, 0.3) is 5.91 Å². The van der Waals surface area contributed by atoms with E-state index >= 15 is 0 Å². The van der Waals surface area contributed by atoms with E-state index in [1.165, 1.54) is 0 Å². The van der Waals surface area contributed by atoms with Crippen molar-refractivity contribution < 1.29 is 9.90 Å². The predicted molar refractivity (Wildman–Crippen MR) is 79.4 cm³/mol. The monoisotopic (exact) mass is 277 g/mol. The first kappa shape index (κ1) is 14.8. The topological polar surface area (TPSA) is 78.6 Å². The lowest BCUT2D eigenvalue weighted by Crippen LogP contribution is -2.35. The van der Waals surface area contributed by atoms with Crippen molar-refractivity contribution in [2.45, 2.75) is 38.6 Å². The number of likely N-dealkylation sites (tertiary alicyclic amines) is 1. The van der Waals surface area contributed by atoms with Crippen molar-refractivity contribution in [3.05, 3.63) is 29.3 Å². The maximum Gasteiger partial charge on any atom is 0.254 e. The Kier molecular flexibility index (Phi) is 4.98. The van der Waals surface area contributed by atoms with Crippen LogP contribution in [-0.4, -0.2) is 35.1 Å². The van der Waals surface area contributed by atoms with Crippen LogP contribution in [0.25, 0.3) is 0 Å². The number of aliphatic hydroxyl groups is 1. The van der Waals surface area contributed by atoms with Crippen molar-refractivity contribution in [3.8, 4) is 0 Å². The number of nitrogens with zero attached hydrogens (tertiary/aromatic N) is 1. The lowest BCUT2D eigenvalue weighted by Gasteiger charge is -2.25. The zero-order valence-electron chi connectivity index (χ0n) is 11.9. The number of carbonyl (C=O) groups excluding carboxylic acids is 1. The molecule has 1 aliphatic heterocycles. The summed E-state index contributed by atoms with van der Waals surface area (Å²) < 4.78 is 0. The van der Waals surface area contributed by atoms with Crippen molar-refractivity contribution in [3.63, 3.8) is 0 Å². The van der Waals surface area contributed by atoms with Gasteiger partial charge in [-0.05, 0) is 56.4 Å². The van der Waals surface area contributed by atoms with E-state index < -0.39 is 0 Å². The molecule has 0 aromatic heterocycles. The predicted octanol–water partition coefficient (Wildman–Crippen LogP) is 1.66. The van der Waals surface area contributed by atoms with E-state index in [4.69, 9.17) is 10.9 Å². The molecule has 5 nitrogen and oxygen atoms in total. The molecule has 5 heteroatoms. The molecule has 1 aromatic rings. The molecule has 1 fully saturated rings. The second-order valence-electron chi connectivity index (χ2n) is 5.33. The zero-order chi connectivity index (χ0) is 14.5. The number of rotatable bonds is 5. The standard InChI is InChI=1S/C15H23N3O2/c1-11-10-12(6-7-14(11)17-16)15(20)18-8-2-4-13(18)5-3-9-19/h6-7,10,13,17,19H,2-5,8-9,16H2,1H3. The van der Waals surface area contributed by atoms with Gasteiger partial charge >= 0.3 is 0 Å². The Morgan fingerprint density at radius 1 is 1.55 bits per heavy atom. The van der Waals surface area contributed by atoms with Crippen LogP contribution in [0.4, 0.5) is 5.69 Å². The SMILES string of the molecule is Cc1cc(C(=O)N2CCCC2CCCO)ccc1NN. The number of amides is 1. The van der Waals surface area contributed by atoms with Crippen molar-refractivity contribution in [1.29, 1.82) is 0 Å². The average molecular weight is 277 g/mol. The number of aliphatic hydroxyl groups excluding tert-OH is 1. The number of hydrogen-bond acceptors (Lipinski definition) is 4. The molecule has 1 aliphatic rings. The number of benzene rings is 1. The molecule has 2 rings (SSSR count). The van der Waals surface area contributed by atoms with Crippen LogP contribution >= 0.6 is 0 Å². The van der Waals surface area contributed by atoms with E-state index in [1.54, 1.807) is 0 Å². The summed E-state index contributed by atoms with van der Waals surface area (Å²) in [7, 11) is 0. The molecule has 1 atom stereocenters. The minimum absolute atomic E-state index is 0.0807. The van der Waals surface area contributed by atoms with Crippen molar-refractivity contribution >= 4 is 11.6 Å². The first-order valence-electron chi connectivity index (χ1n) is 7.16. The summed E-state index contributed by atoms with van der Waals surface area (Å²) in [5, 5.41) is 8.94. The highest BCUT2D eigenvalue weighted by atomic mass is 16.3. The van der Waals surface area contributed by atoms with Crippen LogP contribution in [0.3, 0.4) is 0 Å². The second-order valence-corrected chi connectivity index (χ2v) is 5.33. The minimum Gasteiger partial charge on any atom is -0.396 e. The molecule has 0 radical (unpaired) electrons. The van der Waals surface area contributed by atoms with E-state index in [-0.39, 0.29) is 18.6 Å². The fraction of sp³-hybridized carbons (Fsp3) is 0.533. The van der Waals surface area contributed by atoms with E-state index in [9.17, 15) is 4.79 Å². The third kappa shape index (κ3) is 3.11. The second kappa shape index (κ2) is 6.72. The highest BCUT2D eigenvalue weighted by Gasteiger charge is 2.28. The molecule has 110 valence electrons. The first-order valence-corrected chi connectivity index (χ1v) is 7.16. The molecule has 0 spiro atoms. The Bertz CT molecular complexity index is 476. The summed E-state index contributed by atoms with van der Waals surface area (Å²) in [6.45, 7) is 2.93. The Labute approximate surface area is 119 Å². The summed E-state index contributed by atoms with van der Waals surface area (Å²) >= 11 is 0. The van der Waals surface area contributed by atoms with Crippen LogP contribution in [0.2, 0.25) is 0 Å². The molecule has 20 heavy (non-hydrogen) atoms. The van der Waals surface area contributed by atoms with Gasteiger partial charge in [0.15, 0.2) is 0 Å². The maximum absolute atomic E-state index is 12.6. The van der Waals surface area contributed by atoms with Gasteiger partial charge < -0.3 is 15.4 Å². The molecular formula is C15H23N3O2. The van der Waals surface area contributed by atoms with Gasteiger partial charge in [0.1, 0.15) is 0 Å². The molecule has 0 saturated carbocycles. The molecule has 1 saturated heterocycles. The van der Waals surface area contributed by atoms with E-state index in [0.717, 1.165) is 43.5 Å². The summed E-state index contributed by atoms with van der Waals surface area (Å²) in [5.41, 5.74) is 5.12. The third-order valence-electron chi connectivity index (χ3n) is 3.96. The smallest absolute Gasteiger partial charge is 0.254 e. The van der Waals surface area contributed by atoms with Crippen LogP contribution in [0.1, 0.15) is 41.6 Å². The molecule has 0 bridgehead atoms. The largest absolute Gasteiger partial charge is 0.396 e. The molecule has 1 unspecified atom stereocenters. The Morgan fingerprint density at radius 3 is 3.00 bits per heavy atom. The number of nitrogens with two attached hydrogens (primary N) is 1. The van der Waals surface area contributed by atoms with Crippen molar-refractivity contribution in [2.24, 2.45) is 5.84 Å². The fourth-order valence-electron chi connectivity index (χ4n) is 2.85. The van der Waals surface area contributed by atoms with Crippen molar-refractivity contribution in [1.82, 2.24) is 4.90 Å². The normalized spacial score (nSPS) is 18.4. The number of carbonyl (C=O) groups is 1. The molecule has 1 heterocycles. The molecule has 0 aliphatic carbocycles. The highest BCUT2D eigenvalue weighted by Crippen LogP contribution is 2.25. The summed E-state index contributed by atoms with van der Waals surface area (Å²) in [6.07, 6.45) is 3.71. The van der Waals surface area contributed by atoms with Gasteiger partial charge in [0.05, 0.1) is 5.69 Å². The number of aryl methyl sites for hydroxylation is 1. The van der Waals surface area contributed by atoms with Crippen LogP contribution < -0.4 is 11.3 Å². The van der Waals surface area contributed by atoms with Crippen molar-refractivity contribution in [2.75, 3.05) is 18.6 Å². The number of nitrogen functional groups attached to an aromatic ring is 1. The fourth-order valence-corrected chi connectivity index (χ4v) is 2.85. The lowest BCUT2D eigenvalue weighted by atomic mass is 10.1. The quantitative estimate of drug-likeness (QED) is 0.565. The molecular weight excluding hydrogens is 254 g/mol. The Hall–Kier alpha value is -1.59. The maximum atomic E-state index is 12.6. The highest BCUT2D eigenvalue weighted by molar-refractivity contribution is 5.95. The number of anilines is 1. The van der Waals surface area contributed by atoms with Gasteiger partial charge in [-0.1, -0.05) is 0 Å². The number of nitrogens with one attached hydrogen (secondary N) is 1. The number of hydrogen-bond donors (Lipinski definition) is 3. The Balaban J connectivity index is 2.11. The summed E-state index contributed by atoms with van der Waals surface area (Å²) in [4.78, 5) is 14.5. The van der Waals surface area contributed by atoms with Gasteiger partial charge in [-0.2, -0.15) is 0 Å². The zero-order valence-corrected chi connectivity index (χ0v) is 11.9. The summed E-state index contributed by atoms with van der Waals surface area (Å²) in [6, 6.07) is 5.79. The van der Waals surface area contributed by atoms with Gasteiger partial charge in [0.2, 0.25) is 0 Å². The van der Waals surface area contributed by atoms with E-state index in [1.807, 2.05) is 30.0 Å². The summed E-state index contributed by atoms with van der Waals surface area (Å²) in [5.74, 6) is 5.49.